The molecule has 0 aromatic rings. The van der Waals surface area contributed by atoms with Gasteiger partial charge in [-0.25, -0.2) is 0 Å². The van der Waals surface area contributed by atoms with Gasteiger partial charge in [0, 0.05) is 0 Å². The molecular weight excluding hydrogens is 120 g/mol. The van der Waals surface area contributed by atoms with Crippen molar-refractivity contribution in [2.24, 2.45) is 17.3 Å². The Morgan fingerprint density at radius 1 is 1.10 bits per heavy atom. The van der Waals surface area contributed by atoms with Gasteiger partial charge in [-0.05, 0) is 23.7 Å². The molecule has 60 valence electrons. The molecule has 0 bridgehead atoms. The molecular formula is C10H20. The quantitative estimate of drug-likeness (QED) is 0.483. The van der Waals surface area contributed by atoms with Crippen LogP contribution in [0.4, 0.5) is 0 Å². The van der Waals surface area contributed by atoms with E-state index in [0.717, 1.165) is 11.8 Å². The van der Waals surface area contributed by atoms with Gasteiger partial charge in [0.05, 0.1) is 0 Å². The van der Waals surface area contributed by atoms with Gasteiger partial charge in [0.15, 0.2) is 0 Å². The van der Waals surface area contributed by atoms with Crippen LogP contribution >= 0.6 is 0 Å². The normalized spacial score (nSPS) is 34.8. The molecule has 1 rings (SSSR count). The zero-order valence-electron chi connectivity index (χ0n) is 7.78. The second-order valence-corrected chi connectivity index (χ2v) is 4.88. The molecule has 0 unspecified atom stereocenters. The molecule has 10 heavy (non-hydrogen) atoms. The van der Waals surface area contributed by atoms with E-state index >= 15 is 0 Å². The highest BCUT2D eigenvalue weighted by Crippen LogP contribution is 2.42. The summed E-state index contributed by atoms with van der Waals surface area (Å²) in [5.74, 6) is 1.95. The van der Waals surface area contributed by atoms with Crippen molar-refractivity contribution in [1.29, 1.82) is 0 Å². The third-order valence-electron chi connectivity index (χ3n) is 2.97. The molecule has 0 saturated heterocycles. The molecule has 0 aromatic heterocycles. The number of hydrogen-bond donors (Lipinski definition) is 0. The molecule has 1 aliphatic rings. The van der Waals surface area contributed by atoms with E-state index in [4.69, 9.17) is 0 Å². The van der Waals surface area contributed by atoms with Crippen molar-refractivity contribution in [2.75, 3.05) is 0 Å². The van der Waals surface area contributed by atoms with E-state index in [1.807, 2.05) is 0 Å². The fourth-order valence-electron chi connectivity index (χ4n) is 2.43. The number of hydrogen-bond acceptors (Lipinski definition) is 0. The summed E-state index contributed by atoms with van der Waals surface area (Å²) in [6, 6.07) is 0. The molecule has 1 saturated carbocycles. The van der Waals surface area contributed by atoms with Crippen LogP contribution in [-0.4, -0.2) is 0 Å². The molecule has 0 amide bonds. The van der Waals surface area contributed by atoms with Crippen molar-refractivity contribution in [1.82, 2.24) is 0 Å². The molecule has 0 N–H and O–H groups in total. The summed E-state index contributed by atoms with van der Waals surface area (Å²) in [6.45, 7) is 9.53. The molecule has 2 atom stereocenters. The van der Waals surface area contributed by atoms with E-state index in [1.165, 1.54) is 19.3 Å². The van der Waals surface area contributed by atoms with Gasteiger partial charge in [0.25, 0.3) is 0 Å². The lowest BCUT2D eigenvalue weighted by molar-refractivity contribution is 0.196. The molecule has 0 heteroatoms. The van der Waals surface area contributed by atoms with E-state index in [-0.39, 0.29) is 0 Å². The van der Waals surface area contributed by atoms with Crippen molar-refractivity contribution in [3.8, 4) is 0 Å². The lowest BCUT2D eigenvalue weighted by Gasteiger charge is -2.30. The highest BCUT2D eigenvalue weighted by molar-refractivity contribution is 4.83. The van der Waals surface area contributed by atoms with Crippen LogP contribution in [-0.2, 0) is 0 Å². The maximum absolute atomic E-state index is 2.41. The molecule has 0 aliphatic heterocycles. The Hall–Kier alpha value is 0. The van der Waals surface area contributed by atoms with Gasteiger partial charge in [-0.1, -0.05) is 40.5 Å². The molecule has 0 nitrogen and oxygen atoms in total. The van der Waals surface area contributed by atoms with Crippen LogP contribution in [0.1, 0.15) is 47.0 Å². The lowest BCUT2D eigenvalue weighted by Crippen LogP contribution is -2.22. The number of rotatable bonds is 0. The average Bonchev–Trinajstić information content (AvgIpc) is 2.11. The van der Waals surface area contributed by atoms with E-state index in [9.17, 15) is 0 Å². The third-order valence-corrected chi connectivity index (χ3v) is 2.97. The van der Waals surface area contributed by atoms with Crippen molar-refractivity contribution >= 4 is 0 Å². The van der Waals surface area contributed by atoms with Gasteiger partial charge >= 0.3 is 0 Å². The summed E-state index contributed by atoms with van der Waals surface area (Å²) >= 11 is 0. The van der Waals surface area contributed by atoms with Crippen molar-refractivity contribution < 1.29 is 0 Å². The van der Waals surface area contributed by atoms with E-state index in [0.29, 0.717) is 5.41 Å². The largest absolute Gasteiger partial charge is 0.0622 e. The lowest BCUT2D eigenvalue weighted by atomic mass is 9.75. The molecule has 0 aromatic carbocycles. The van der Waals surface area contributed by atoms with Crippen LogP contribution in [0.15, 0.2) is 0 Å². The first-order valence-corrected chi connectivity index (χ1v) is 4.52. The van der Waals surface area contributed by atoms with Gasteiger partial charge in [-0.2, -0.15) is 0 Å². The Bertz CT molecular complexity index is 108. The Balaban J connectivity index is 2.55. The first-order valence-electron chi connectivity index (χ1n) is 4.52. The Morgan fingerprint density at radius 2 is 1.70 bits per heavy atom. The van der Waals surface area contributed by atoms with Gasteiger partial charge in [0.1, 0.15) is 0 Å². The smallest absolute Gasteiger partial charge is 0.0340 e. The van der Waals surface area contributed by atoms with Crippen LogP contribution in [0.3, 0.4) is 0 Å². The topological polar surface area (TPSA) is 0 Å². The fraction of sp³-hybridized carbons (Fsp3) is 1.00. The van der Waals surface area contributed by atoms with Crippen molar-refractivity contribution in [3.63, 3.8) is 0 Å². The minimum atomic E-state index is 0.552. The molecule has 0 spiro atoms. The second kappa shape index (κ2) is 2.56. The Morgan fingerprint density at radius 3 is 1.90 bits per heavy atom. The fourth-order valence-corrected chi connectivity index (χ4v) is 2.43. The van der Waals surface area contributed by atoms with Crippen LogP contribution < -0.4 is 0 Å². The Kier molecular flexibility index (Phi) is 2.07. The van der Waals surface area contributed by atoms with Crippen LogP contribution in [0, 0.1) is 17.3 Å². The maximum Gasteiger partial charge on any atom is -0.0340 e. The first kappa shape index (κ1) is 8.10. The van der Waals surface area contributed by atoms with Gasteiger partial charge < -0.3 is 0 Å². The minimum absolute atomic E-state index is 0.552. The van der Waals surface area contributed by atoms with Crippen LogP contribution in [0.25, 0.3) is 0 Å². The predicted molar refractivity (Wildman–Crippen MR) is 46.0 cm³/mol. The van der Waals surface area contributed by atoms with Gasteiger partial charge in [-0.3, -0.25) is 0 Å². The molecule has 0 heterocycles. The van der Waals surface area contributed by atoms with Crippen molar-refractivity contribution in [3.05, 3.63) is 0 Å². The average molecular weight is 140 g/mol. The highest BCUT2D eigenvalue weighted by Gasteiger charge is 2.32. The van der Waals surface area contributed by atoms with Gasteiger partial charge in [0.2, 0.25) is 0 Å². The second-order valence-electron chi connectivity index (χ2n) is 4.88. The highest BCUT2D eigenvalue weighted by atomic mass is 14.4. The molecule has 1 aliphatic carbocycles. The zero-order valence-corrected chi connectivity index (χ0v) is 7.78. The van der Waals surface area contributed by atoms with E-state index in [2.05, 4.69) is 27.7 Å². The van der Waals surface area contributed by atoms with E-state index < -0.39 is 0 Å². The van der Waals surface area contributed by atoms with Crippen molar-refractivity contribution in [2.45, 2.75) is 47.0 Å². The Labute approximate surface area is 65.0 Å². The monoisotopic (exact) mass is 140 g/mol. The zero-order chi connectivity index (χ0) is 7.78. The summed E-state index contributed by atoms with van der Waals surface area (Å²) in [5, 5.41) is 0. The molecule has 1 fully saturated rings. The maximum atomic E-state index is 2.41. The standard InChI is InChI=1S/C10H20/c1-8-6-5-7-9(8)10(2,3)4/h8-9H,5-7H2,1-4H3/t8-,9-/m1/s1. The summed E-state index contributed by atoms with van der Waals surface area (Å²) in [6.07, 6.45) is 4.38. The van der Waals surface area contributed by atoms with Crippen LogP contribution in [0.5, 0.6) is 0 Å². The van der Waals surface area contributed by atoms with Gasteiger partial charge in [-0.15, -0.1) is 0 Å². The van der Waals surface area contributed by atoms with E-state index in [1.54, 1.807) is 0 Å². The summed E-state index contributed by atoms with van der Waals surface area (Å²) in [7, 11) is 0. The summed E-state index contributed by atoms with van der Waals surface area (Å²) in [5.41, 5.74) is 0.552. The first-order chi connectivity index (χ1) is 4.52. The summed E-state index contributed by atoms with van der Waals surface area (Å²) in [4.78, 5) is 0. The third kappa shape index (κ3) is 1.53. The molecule has 0 radical (unpaired) electrons. The van der Waals surface area contributed by atoms with Crippen LogP contribution in [0.2, 0.25) is 0 Å². The SMILES string of the molecule is C[C@@H]1CCC[C@H]1C(C)(C)C. The minimum Gasteiger partial charge on any atom is -0.0622 e. The summed E-state index contributed by atoms with van der Waals surface area (Å²) < 4.78 is 0. The predicted octanol–water partition coefficient (Wildman–Crippen LogP) is 3.47.